The summed E-state index contributed by atoms with van der Waals surface area (Å²) < 4.78 is 27.4. The number of thiophene rings is 2. The topological polar surface area (TPSA) is 58.2 Å². The molecule has 2 N–H and O–H groups in total. The molecule has 0 bridgehead atoms. The molecule has 2 heterocycles. The Labute approximate surface area is 134 Å². The lowest BCUT2D eigenvalue weighted by Gasteiger charge is -2.06. The third-order valence-corrected chi connectivity index (χ3v) is 6.58. The molecule has 7 heteroatoms. The zero-order chi connectivity index (χ0) is 15.3. The van der Waals surface area contributed by atoms with E-state index in [0.717, 1.165) is 17.5 Å². The lowest BCUT2D eigenvalue weighted by Crippen LogP contribution is -2.25. The van der Waals surface area contributed by atoms with Crippen molar-refractivity contribution in [3.8, 4) is 0 Å². The Morgan fingerprint density at radius 2 is 2.05 bits per heavy atom. The van der Waals surface area contributed by atoms with Gasteiger partial charge in [0.1, 0.15) is 4.21 Å². The highest BCUT2D eigenvalue weighted by Crippen LogP contribution is 2.20. The zero-order valence-electron chi connectivity index (χ0n) is 12.1. The highest BCUT2D eigenvalue weighted by molar-refractivity contribution is 7.91. The van der Waals surface area contributed by atoms with Gasteiger partial charge in [-0.05, 0) is 45.8 Å². The van der Waals surface area contributed by atoms with Crippen LogP contribution in [0, 0.1) is 0 Å². The fourth-order valence-electron chi connectivity index (χ4n) is 1.74. The standard InChI is InChI=1S/C14H20N2O2S3/c1-11(2)15-8-13-7-14(20-10-13)21(17,18)16-5-3-12-4-6-19-9-12/h4,6-7,9-11,15-16H,3,5,8H2,1-2H3. The molecule has 4 nitrogen and oxygen atoms in total. The van der Waals surface area contributed by atoms with E-state index in [1.165, 1.54) is 11.3 Å². The van der Waals surface area contributed by atoms with Crippen molar-refractivity contribution in [2.75, 3.05) is 6.54 Å². The molecule has 0 spiro atoms. The van der Waals surface area contributed by atoms with Gasteiger partial charge in [-0.25, -0.2) is 13.1 Å². The molecule has 0 fully saturated rings. The fraction of sp³-hybridized carbons (Fsp3) is 0.429. The van der Waals surface area contributed by atoms with Gasteiger partial charge in [0, 0.05) is 19.1 Å². The summed E-state index contributed by atoms with van der Waals surface area (Å²) in [7, 11) is -3.39. The molecule has 0 aliphatic heterocycles. The number of rotatable bonds is 8. The molecule has 2 aromatic heterocycles. The molecule has 0 radical (unpaired) electrons. The van der Waals surface area contributed by atoms with Crippen LogP contribution >= 0.6 is 22.7 Å². The Hall–Kier alpha value is -0.730. The van der Waals surface area contributed by atoms with Crippen molar-refractivity contribution in [2.24, 2.45) is 0 Å². The Morgan fingerprint density at radius 3 is 2.71 bits per heavy atom. The maximum Gasteiger partial charge on any atom is 0.250 e. The Kier molecular flexibility index (Phi) is 5.95. The summed E-state index contributed by atoms with van der Waals surface area (Å²) in [6, 6.07) is 4.14. The van der Waals surface area contributed by atoms with E-state index in [9.17, 15) is 8.42 Å². The van der Waals surface area contributed by atoms with Crippen LogP contribution in [0.25, 0.3) is 0 Å². The number of hydrogen-bond donors (Lipinski definition) is 2. The summed E-state index contributed by atoms with van der Waals surface area (Å²) in [5.74, 6) is 0. The normalized spacial score (nSPS) is 12.1. The van der Waals surface area contributed by atoms with Gasteiger partial charge in [-0.15, -0.1) is 11.3 Å². The summed E-state index contributed by atoms with van der Waals surface area (Å²) in [6.07, 6.45) is 0.718. The largest absolute Gasteiger partial charge is 0.310 e. The van der Waals surface area contributed by atoms with Crippen LogP contribution in [0.4, 0.5) is 0 Å². The quantitative estimate of drug-likeness (QED) is 0.774. The summed E-state index contributed by atoms with van der Waals surface area (Å²) in [4.78, 5) is 0. The molecule has 0 saturated heterocycles. The van der Waals surface area contributed by atoms with E-state index in [1.807, 2.05) is 22.2 Å². The minimum atomic E-state index is -3.39. The second-order valence-corrected chi connectivity index (χ2v) is 8.77. The number of hydrogen-bond acceptors (Lipinski definition) is 5. The van der Waals surface area contributed by atoms with Crippen LogP contribution in [0.15, 0.2) is 32.5 Å². The number of sulfonamides is 1. The average Bonchev–Trinajstić information content (AvgIpc) is 3.07. The highest BCUT2D eigenvalue weighted by Gasteiger charge is 2.16. The van der Waals surface area contributed by atoms with Crippen LogP contribution in [0.1, 0.15) is 25.0 Å². The van der Waals surface area contributed by atoms with Crippen LogP contribution in [-0.4, -0.2) is 21.0 Å². The van der Waals surface area contributed by atoms with E-state index in [1.54, 1.807) is 17.4 Å². The highest BCUT2D eigenvalue weighted by atomic mass is 32.2. The summed E-state index contributed by atoms with van der Waals surface area (Å²) in [6.45, 7) is 5.25. The van der Waals surface area contributed by atoms with E-state index < -0.39 is 10.0 Å². The molecule has 2 aromatic rings. The molecule has 0 aliphatic carbocycles. The van der Waals surface area contributed by atoms with Crippen LogP contribution in [-0.2, 0) is 23.0 Å². The lowest BCUT2D eigenvalue weighted by molar-refractivity contribution is 0.582. The summed E-state index contributed by atoms with van der Waals surface area (Å²) >= 11 is 2.89. The van der Waals surface area contributed by atoms with E-state index in [0.29, 0.717) is 23.3 Å². The average molecular weight is 345 g/mol. The van der Waals surface area contributed by atoms with Crippen LogP contribution in [0.5, 0.6) is 0 Å². The van der Waals surface area contributed by atoms with Gasteiger partial charge >= 0.3 is 0 Å². The van der Waals surface area contributed by atoms with Crippen LogP contribution in [0.2, 0.25) is 0 Å². The van der Waals surface area contributed by atoms with Gasteiger partial charge in [0.25, 0.3) is 0 Å². The van der Waals surface area contributed by atoms with Gasteiger partial charge in [-0.3, -0.25) is 0 Å². The Balaban J connectivity index is 1.89. The van der Waals surface area contributed by atoms with Crippen molar-refractivity contribution >= 4 is 32.7 Å². The van der Waals surface area contributed by atoms with Gasteiger partial charge in [-0.2, -0.15) is 11.3 Å². The van der Waals surface area contributed by atoms with E-state index in [2.05, 4.69) is 23.9 Å². The third kappa shape index (κ3) is 5.19. The first-order valence-corrected chi connectivity index (χ1v) is 10.1. The minimum absolute atomic E-state index is 0.383. The zero-order valence-corrected chi connectivity index (χ0v) is 14.6. The van der Waals surface area contributed by atoms with Gasteiger partial charge in [-0.1, -0.05) is 13.8 Å². The molecule has 0 unspecified atom stereocenters. The van der Waals surface area contributed by atoms with Gasteiger partial charge in [0.15, 0.2) is 0 Å². The van der Waals surface area contributed by atoms with E-state index in [-0.39, 0.29) is 0 Å². The van der Waals surface area contributed by atoms with Crippen molar-refractivity contribution in [3.05, 3.63) is 39.4 Å². The molecule has 0 aliphatic rings. The maximum absolute atomic E-state index is 12.2. The molecule has 0 amide bonds. The Bertz CT molecular complexity index is 646. The molecule has 2 rings (SSSR count). The predicted octanol–water partition coefficient (Wildman–Crippen LogP) is 2.83. The lowest BCUT2D eigenvalue weighted by atomic mass is 10.2. The van der Waals surface area contributed by atoms with E-state index >= 15 is 0 Å². The van der Waals surface area contributed by atoms with Gasteiger partial charge < -0.3 is 5.32 Å². The van der Waals surface area contributed by atoms with Crippen molar-refractivity contribution in [1.29, 1.82) is 0 Å². The smallest absolute Gasteiger partial charge is 0.250 e. The first-order chi connectivity index (χ1) is 9.97. The minimum Gasteiger partial charge on any atom is -0.310 e. The van der Waals surface area contributed by atoms with Crippen molar-refractivity contribution in [2.45, 2.75) is 37.1 Å². The third-order valence-electron chi connectivity index (χ3n) is 2.89. The molecule has 0 saturated carbocycles. The molecule has 0 aromatic carbocycles. The summed E-state index contributed by atoms with van der Waals surface area (Å²) in [5.41, 5.74) is 2.17. The summed E-state index contributed by atoms with van der Waals surface area (Å²) in [5, 5.41) is 9.21. The second kappa shape index (κ2) is 7.51. The van der Waals surface area contributed by atoms with Gasteiger partial charge in [0.2, 0.25) is 10.0 Å². The first kappa shape index (κ1) is 16.6. The molecule has 21 heavy (non-hydrogen) atoms. The molecular formula is C14H20N2O2S3. The SMILES string of the molecule is CC(C)NCc1csc(S(=O)(=O)NCCc2ccsc2)c1. The number of nitrogens with one attached hydrogen (secondary N) is 2. The molecule has 0 atom stereocenters. The monoisotopic (exact) mass is 344 g/mol. The van der Waals surface area contributed by atoms with Crippen LogP contribution < -0.4 is 10.0 Å². The van der Waals surface area contributed by atoms with Crippen LogP contribution in [0.3, 0.4) is 0 Å². The molecule has 116 valence electrons. The van der Waals surface area contributed by atoms with Gasteiger partial charge in [0.05, 0.1) is 0 Å². The van der Waals surface area contributed by atoms with Crippen molar-refractivity contribution in [3.63, 3.8) is 0 Å². The van der Waals surface area contributed by atoms with Crippen molar-refractivity contribution < 1.29 is 8.42 Å². The first-order valence-electron chi connectivity index (χ1n) is 6.79. The van der Waals surface area contributed by atoms with Crippen molar-refractivity contribution in [1.82, 2.24) is 10.0 Å². The predicted molar refractivity (Wildman–Crippen MR) is 89.5 cm³/mol. The fourth-order valence-corrected chi connectivity index (χ4v) is 4.73. The second-order valence-electron chi connectivity index (χ2n) is 5.09. The Morgan fingerprint density at radius 1 is 1.24 bits per heavy atom. The van der Waals surface area contributed by atoms with E-state index in [4.69, 9.17) is 0 Å². The maximum atomic E-state index is 12.2. The molecular weight excluding hydrogens is 324 g/mol.